The molecule has 0 spiro atoms. The van der Waals surface area contributed by atoms with Crippen LogP contribution >= 0.6 is 27.7 Å². The molecule has 0 radical (unpaired) electrons. The van der Waals surface area contributed by atoms with E-state index in [-0.39, 0.29) is 12.0 Å². The molecule has 1 saturated carbocycles. The molecule has 110 valence electrons. The fraction of sp³-hybridized carbons (Fsp3) is 0.533. The van der Waals surface area contributed by atoms with Gasteiger partial charge in [-0.05, 0) is 44.4 Å². The van der Waals surface area contributed by atoms with Crippen molar-refractivity contribution in [3.63, 3.8) is 0 Å². The number of benzene rings is 1. The molecule has 1 aliphatic carbocycles. The first-order valence-electron chi connectivity index (χ1n) is 7.00. The van der Waals surface area contributed by atoms with Crippen LogP contribution in [0.15, 0.2) is 33.6 Å². The number of rotatable bonds is 8. The Morgan fingerprint density at radius 3 is 3.00 bits per heavy atom. The third kappa shape index (κ3) is 5.46. The zero-order chi connectivity index (χ0) is 14.4. The Morgan fingerprint density at radius 2 is 2.35 bits per heavy atom. The topological polar surface area (TPSA) is 38.3 Å². The molecule has 1 N–H and O–H groups in total. The number of carbonyl (C=O) groups excluding carboxylic acids is 1. The summed E-state index contributed by atoms with van der Waals surface area (Å²) in [6, 6.07) is 8.57. The minimum Gasteiger partial charge on any atom is -0.465 e. The highest BCUT2D eigenvalue weighted by atomic mass is 79.9. The fourth-order valence-electron chi connectivity index (χ4n) is 1.90. The molecule has 20 heavy (non-hydrogen) atoms. The standard InChI is InChI=1S/C15H20BrNO2S/c1-2-19-15(18)14(17-12-6-7-12)8-9-20-13-5-3-4-11(16)10-13/h3-5,10,12,14,17H,2,6-9H2,1H3. The number of thioether (sulfide) groups is 1. The molecule has 0 bridgehead atoms. The quantitative estimate of drug-likeness (QED) is 0.569. The van der Waals surface area contributed by atoms with Crippen LogP contribution in [-0.2, 0) is 9.53 Å². The van der Waals surface area contributed by atoms with Crippen LogP contribution in [0.4, 0.5) is 0 Å². The summed E-state index contributed by atoms with van der Waals surface area (Å²) >= 11 is 5.24. The zero-order valence-electron chi connectivity index (χ0n) is 11.6. The van der Waals surface area contributed by atoms with Crippen molar-refractivity contribution >= 4 is 33.7 Å². The maximum Gasteiger partial charge on any atom is 0.323 e. The van der Waals surface area contributed by atoms with Gasteiger partial charge in [-0.2, -0.15) is 0 Å². The van der Waals surface area contributed by atoms with Crippen molar-refractivity contribution < 1.29 is 9.53 Å². The number of esters is 1. The van der Waals surface area contributed by atoms with Gasteiger partial charge >= 0.3 is 5.97 Å². The number of carbonyl (C=O) groups is 1. The van der Waals surface area contributed by atoms with Gasteiger partial charge in [0.25, 0.3) is 0 Å². The van der Waals surface area contributed by atoms with Crippen molar-refractivity contribution in [1.29, 1.82) is 0 Å². The number of ether oxygens (including phenoxy) is 1. The van der Waals surface area contributed by atoms with Crippen LogP contribution in [0.25, 0.3) is 0 Å². The monoisotopic (exact) mass is 357 g/mol. The highest BCUT2D eigenvalue weighted by Gasteiger charge is 2.28. The molecule has 1 atom stereocenters. The Hall–Kier alpha value is -0.520. The lowest BCUT2D eigenvalue weighted by Crippen LogP contribution is -2.39. The Kier molecular flexibility index (Phi) is 6.39. The summed E-state index contributed by atoms with van der Waals surface area (Å²) in [6.45, 7) is 2.29. The second-order valence-electron chi connectivity index (χ2n) is 4.84. The van der Waals surface area contributed by atoms with Gasteiger partial charge in [-0.3, -0.25) is 4.79 Å². The molecule has 2 rings (SSSR count). The van der Waals surface area contributed by atoms with Crippen LogP contribution in [0.2, 0.25) is 0 Å². The Balaban J connectivity index is 1.79. The van der Waals surface area contributed by atoms with Crippen LogP contribution in [0.3, 0.4) is 0 Å². The normalized spacial score (nSPS) is 15.9. The minimum absolute atomic E-state index is 0.116. The molecule has 0 amide bonds. The summed E-state index contributed by atoms with van der Waals surface area (Å²) in [5.74, 6) is 0.786. The maximum absolute atomic E-state index is 11.9. The molecule has 0 aromatic heterocycles. The van der Waals surface area contributed by atoms with E-state index >= 15 is 0 Å². The van der Waals surface area contributed by atoms with E-state index in [4.69, 9.17) is 4.74 Å². The van der Waals surface area contributed by atoms with Gasteiger partial charge in [0.05, 0.1) is 6.61 Å². The van der Waals surface area contributed by atoms with E-state index in [2.05, 4.69) is 33.4 Å². The van der Waals surface area contributed by atoms with E-state index in [1.165, 1.54) is 17.7 Å². The lowest BCUT2D eigenvalue weighted by molar-refractivity contribution is -0.145. The van der Waals surface area contributed by atoms with Gasteiger partial charge in [0.2, 0.25) is 0 Å². The van der Waals surface area contributed by atoms with Gasteiger partial charge in [-0.15, -0.1) is 11.8 Å². The van der Waals surface area contributed by atoms with Gasteiger partial charge in [-0.1, -0.05) is 22.0 Å². The Morgan fingerprint density at radius 1 is 1.55 bits per heavy atom. The molecular formula is C15H20BrNO2S. The highest BCUT2D eigenvalue weighted by molar-refractivity contribution is 9.10. The van der Waals surface area contributed by atoms with E-state index in [1.807, 2.05) is 19.1 Å². The number of hydrogen-bond acceptors (Lipinski definition) is 4. The first-order chi connectivity index (χ1) is 9.69. The minimum atomic E-state index is -0.165. The van der Waals surface area contributed by atoms with Crippen molar-refractivity contribution in [3.05, 3.63) is 28.7 Å². The molecule has 1 fully saturated rings. The first kappa shape index (κ1) is 15.9. The molecule has 3 nitrogen and oxygen atoms in total. The molecule has 1 aromatic rings. The molecule has 0 aliphatic heterocycles. The van der Waals surface area contributed by atoms with Crippen LogP contribution in [0, 0.1) is 0 Å². The molecule has 5 heteroatoms. The molecular weight excluding hydrogens is 338 g/mol. The Labute approximate surface area is 133 Å². The van der Waals surface area contributed by atoms with E-state index < -0.39 is 0 Å². The van der Waals surface area contributed by atoms with Crippen molar-refractivity contribution in [2.24, 2.45) is 0 Å². The third-order valence-corrected chi connectivity index (χ3v) is 4.58. The van der Waals surface area contributed by atoms with Gasteiger partial charge in [-0.25, -0.2) is 0 Å². The van der Waals surface area contributed by atoms with E-state index in [0.717, 1.165) is 16.6 Å². The van der Waals surface area contributed by atoms with E-state index in [1.54, 1.807) is 11.8 Å². The van der Waals surface area contributed by atoms with E-state index in [0.29, 0.717) is 12.6 Å². The van der Waals surface area contributed by atoms with Gasteiger partial charge in [0, 0.05) is 21.2 Å². The predicted octanol–water partition coefficient (Wildman–Crippen LogP) is 3.62. The van der Waals surface area contributed by atoms with Crippen molar-refractivity contribution in [2.75, 3.05) is 12.4 Å². The summed E-state index contributed by atoms with van der Waals surface area (Å²) in [7, 11) is 0. The zero-order valence-corrected chi connectivity index (χ0v) is 14.0. The van der Waals surface area contributed by atoms with Crippen molar-refractivity contribution in [1.82, 2.24) is 5.32 Å². The first-order valence-corrected chi connectivity index (χ1v) is 8.78. The van der Waals surface area contributed by atoms with Crippen LogP contribution < -0.4 is 5.32 Å². The summed E-state index contributed by atoms with van der Waals surface area (Å²) < 4.78 is 6.22. The van der Waals surface area contributed by atoms with Crippen molar-refractivity contribution in [2.45, 2.75) is 43.2 Å². The van der Waals surface area contributed by atoms with Crippen LogP contribution in [-0.4, -0.2) is 30.4 Å². The smallest absolute Gasteiger partial charge is 0.323 e. The SMILES string of the molecule is CCOC(=O)C(CCSc1cccc(Br)c1)NC1CC1. The molecule has 1 aliphatic rings. The summed E-state index contributed by atoms with van der Waals surface area (Å²) in [4.78, 5) is 13.1. The van der Waals surface area contributed by atoms with Gasteiger partial charge in [0.15, 0.2) is 0 Å². The lowest BCUT2D eigenvalue weighted by Gasteiger charge is -2.16. The Bertz CT molecular complexity index is 451. The lowest BCUT2D eigenvalue weighted by atomic mass is 10.2. The van der Waals surface area contributed by atoms with Gasteiger partial charge < -0.3 is 10.1 Å². The highest BCUT2D eigenvalue weighted by Crippen LogP contribution is 2.24. The van der Waals surface area contributed by atoms with Crippen LogP contribution in [0.5, 0.6) is 0 Å². The fourth-order valence-corrected chi connectivity index (χ4v) is 3.42. The summed E-state index contributed by atoms with van der Waals surface area (Å²) in [5.41, 5.74) is 0. The third-order valence-electron chi connectivity index (χ3n) is 3.06. The predicted molar refractivity (Wildman–Crippen MR) is 86.1 cm³/mol. The average Bonchev–Trinajstić information content (AvgIpc) is 3.22. The molecule has 1 aromatic carbocycles. The maximum atomic E-state index is 11.9. The second kappa shape index (κ2) is 8.05. The summed E-state index contributed by atoms with van der Waals surface area (Å²) in [6.07, 6.45) is 3.15. The largest absolute Gasteiger partial charge is 0.465 e. The second-order valence-corrected chi connectivity index (χ2v) is 6.92. The number of halogens is 1. The number of hydrogen-bond donors (Lipinski definition) is 1. The summed E-state index contributed by atoms with van der Waals surface area (Å²) in [5, 5.41) is 3.38. The van der Waals surface area contributed by atoms with Gasteiger partial charge in [0.1, 0.15) is 6.04 Å². The molecule has 0 saturated heterocycles. The number of nitrogens with one attached hydrogen (secondary N) is 1. The molecule has 1 unspecified atom stereocenters. The molecule has 0 heterocycles. The average molecular weight is 358 g/mol. The van der Waals surface area contributed by atoms with E-state index in [9.17, 15) is 4.79 Å². The van der Waals surface area contributed by atoms with Crippen molar-refractivity contribution in [3.8, 4) is 0 Å². The van der Waals surface area contributed by atoms with Crippen LogP contribution in [0.1, 0.15) is 26.2 Å².